The predicted molar refractivity (Wildman–Crippen MR) is 153 cm³/mol. The second kappa shape index (κ2) is 10.9. The molecule has 3 heterocycles. The molecule has 1 N–H and O–H groups in total. The van der Waals surface area contributed by atoms with Crippen LogP contribution in [0.3, 0.4) is 0 Å². The number of pyridine rings is 2. The first-order valence-electron chi connectivity index (χ1n) is 12.6. The highest BCUT2D eigenvalue weighted by Gasteiger charge is 2.31. The summed E-state index contributed by atoms with van der Waals surface area (Å²) in [5.74, 6) is 8.03. The number of amides is 1. The van der Waals surface area contributed by atoms with E-state index in [0.29, 0.717) is 40.3 Å². The number of aromatic nitrogens is 2. The number of anilines is 1. The van der Waals surface area contributed by atoms with Crippen molar-refractivity contribution in [3.63, 3.8) is 0 Å². The number of carbonyl (C=O) groups is 1. The third-order valence-electron chi connectivity index (χ3n) is 6.33. The maximum Gasteiger partial charge on any atom is 0.269 e. The lowest BCUT2D eigenvalue weighted by Gasteiger charge is -2.31. The van der Waals surface area contributed by atoms with Crippen LogP contribution in [0.4, 0.5) is 11.4 Å². The smallest absolute Gasteiger partial charge is 0.269 e. The number of nitrogens with zero attached hydrogens (tertiary/aromatic N) is 3. The van der Waals surface area contributed by atoms with Crippen molar-refractivity contribution in [1.29, 1.82) is 0 Å². The highest BCUT2D eigenvalue weighted by molar-refractivity contribution is 5.98. The first kappa shape index (κ1) is 26.5. The van der Waals surface area contributed by atoms with Crippen molar-refractivity contribution in [2.24, 2.45) is 4.99 Å². The van der Waals surface area contributed by atoms with Gasteiger partial charge in [0, 0.05) is 35.0 Å². The van der Waals surface area contributed by atoms with E-state index in [9.17, 15) is 4.79 Å². The van der Waals surface area contributed by atoms with E-state index in [2.05, 4.69) is 32.1 Å². The summed E-state index contributed by atoms with van der Waals surface area (Å²) in [6, 6.07) is 14.6. The molecule has 0 fully saturated rings. The minimum absolute atomic E-state index is 0.00675. The molecule has 9 heteroatoms. The summed E-state index contributed by atoms with van der Waals surface area (Å²) in [6.07, 6.45) is 3.24. The van der Waals surface area contributed by atoms with E-state index in [4.69, 9.17) is 18.9 Å². The maximum absolute atomic E-state index is 13.0. The largest absolute Gasteiger partial charge is 0.497 e. The van der Waals surface area contributed by atoms with Gasteiger partial charge in [0.15, 0.2) is 0 Å². The molecular weight excluding hydrogens is 508 g/mol. The Morgan fingerprint density at radius 2 is 1.85 bits per heavy atom. The average molecular weight is 537 g/mol. The third-order valence-corrected chi connectivity index (χ3v) is 6.33. The SMILES string of the molecule is CC#CC1=Nc2ccc(NC(=O)Cc3ncc(Oc4ccnc5cc(OC)ccc45)cc3OC)cc2C(C)(C)O1. The lowest BCUT2D eigenvalue weighted by atomic mass is 9.94. The Balaban J connectivity index is 1.31. The summed E-state index contributed by atoms with van der Waals surface area (Å²) >= 11 is 0. The van der Waals surface area contributed by atoms with Crippen molar-refractivity contribution in [1.82, 2.24) is 9.97 Å². The summed E-state index contributed by atoms with van der Waals surface area (Å²) in [6.45, 7) is 5.61. The Bertz CT molecular complexity index is 1700. The molecule has 4 aromatic rings. The van der Waals surface area contributed by atoms with E-state index >= 15 is 0 Å². The molecule has 0 spiro atoms. The lowest BCUT2D eigenvalue weighted by Crippen LogP contribution is -2.28. The van der Waals surface area contributed by atoms with Gasteiger partial charge in [0.25, 0.3) is 5.90 Å². The summed E-state index contributed by atoms with van der Waals surface area (Å²) in [5.41, 5.74) is 2.80. The van der Waals surface area contributed by atoms with Crippen molar-refractivity contribution in [3.05, 3.63) is 72.2 Å². The molecule has 9 nitrogen and oxygen atoms in total. The van der Waals surface area contributed by atoms with Crippen LogP contribution in [0.25, 0.3) is 10.9 Å². The highest BCUT2D eigenvalue weighted by Crippen LogP contribution is 2.39. The van der Waals surface area contributed by atoms with Crippen molar-refractivity contribution in [2.45, 2.75) is 32.8 Å². The molecule has 2 aromatic heterocycles. The Hall–Kier alpha value is -5.10. The first-order valence-corrected chi connectivity index (χ1v) is 12.6. The van der Waals surface area contributed by atoms with Crippen LogP contribution in [0.1, 0.15) is 32.0 Å². The quantitative estimate of drug-likeness (QED) is 0.292. The zero-order valence-electron chi connectivity index (χ0n) is 22.9. The average Bonchev–Trinajstić information content (AvgIpc) is 2.94. The van der Waals surface area contributed by atoms with Gasteiger partial charge in [0.05, 0.1) is 43.7 Å². The second-order valence-corrected chi connectivity index (χ2v) is 9.48. The molecule has 40 heavy (non-hydrogen) atoms. The number of ether oxygens (including phenoxy) is 4. The van der Waals surface area contributed by atoms with Gasteiger partial charge in [0.1, 0.15) is 28.6 Å². The fourth-order valence-corrected chi connectivity index (χ4v) is 4.40. The topological polar surface area (TPSA) is 104 Å². The zero-order valence-corrected chi connectivity index (χ0v) is 22.9. The standard InChI is InChI=1S/C31H28N4O5/c1-6-7-30-35-24-11-8-19(14-23(24)31(2,3)40-30)34-29(36)17-26-28(38-5)16-21(18-33-26)39-27-12-13-32-25-15-20(37-4)9-10-22(25)27/h8-16,18H,17H2,1-5H3,(H,34,36). The highest BCUT2D eigenvalue weighted by atomic mass is 16.5. The number of fused-ring (bicyclic) bond motifs is 2. The molecule has 1 aliphatic rings. The molecular formula is C31H28N4O5. The van der Waals surface area contributed by atoms with Gasteiger partial charge in [-0.2, -0.15) is 0 Å². The van der Waals surface area contributed by atoms with Crippen LogP contribution in [0.15, 0.2) is 65.9 Å². The summed E-state index contributed by atoms with van der Waals surface area (Å²) < 4.78 is 22.8. The summed E-state index contributed by atoms with van der Waals surface area (Å²) in [7, 11) is 3.14. The van der Waals surface area contributed by atoms with E-state index in [1.807, 2.05) is 44.2 Å². The van der Waals surface area contributed by atoms with Crippen molar-refractivity contribution < 1.29 is 23.7 Å². The molecule has 1 amide bonds. The molecule has 2 aromatic carbocycles. The van der Waals surface area contributed by atoms with Crippen LogP contribution >= 0.6 is 0 Å². The van der Waals surface area contributed by atoms with Gasteiger partial charge in [-0.15, -0.1) is 0 Å². The van der Waals surface area contributed by atoms with Gasteiger partial charge < -0.3 is 24.3 Å². The molecule has 1 aliphatic heterocycles. The number of aliphatic imine (C=N–C) groups is 1. The van der Waals surface area contributed by atoms with Gasteiger partial charge in [-0.05, 0) is 63.1 Å². The number of carbonyl (C=O) groups excluding carboxylic acids is 1. The number of hydrogen-bond acceptors (Lipinski definition) is 8. The van der Waals surface area contributed by atoms with Crippen LogP contribution < -0.4 is 19.5 Å². The van der Waals surface area contributed by atoms with E-state index in [1.165, 1.54) is 7.11 Å². The van der Waals surface area contributed by atoms with Gasteiger partial charge >= 0.3 is 0 Å². The van der Waals surface area contributed by atoms with Crippen LogP contribution in [0.5, 0.6) is 23.0 Å². The van der Waals surface area contributed by atoms with E-state index in [0.717, 1.165) is 22.2 Å². The van der Waals surface area contributed by atoms with Crippen molar-refractivity contribution >= 4 is 34.1 Å². The normalized spacial score (nSPS) is 13.2. The third kappa shape index (κ3) is 5.52. The summed E-state index contributed by atoms with van der Waals surface area (Å²) in [4.78, 5) is 26.3. The van der Waals surface area contributed by atoms with Gasteiger partial charge in [-0.1, -0.05) is 5.92 Å². The van der Waals surface area contributed by atoms with Crippen molar-refractivity contribution in [3.8, 4) is 34.8 Å². The number of rotatable bonds is 7. The van der Waals surface area contributed by atoms with Gasteiger partial charge in [-0.25, -0.2) is 4.99 Å². The predicted octanol–water partition coefficient (Wildman–Crippen LogP) is 5.94. The molecule has 202 valence electrons. The molecule has 5 rings (SSSR count). The van der Waals surface area contributed by atoms with Crippen LogP contribution in [-0.2, 0) is 21.6 Å². The number of hydrogen-bond donors (Lipinski definition) is 1. The fourth-order valence-electron chi connectivity index (χ4n) is 4.40. The molecule has 0 bridgehead atoms. The fraction of sp³-hybridized carbons (Fsp3) is 0.226. The Morgan fingerprint density at radius 1 is 1.00 bits per heavy atom. The Morgan fingerprint density at radius 3 is 2.62 bits per heavy atom. The monoisotopic (exact) mass is 536 g/mol. The van der Waals surface area contributed by atoms with Crippen LogP contribution in [0.2, 0.25) is 0 Å². The summed E-state index contributed by atoms with van der Waals surface area (Å²) in [5, 5.41) is 3.76. The molecule has 0 unspecified atom stereocenters. The van der Waals surface area contributed by atoms with Crippen molar-refractivity contribution in [2.75, 3.05) is 19.5 Å². The van der Waals surface area contributed by atoms with E-state index < -0.39 is 5.60 Å². The van der Waals surface area contributed by atoms with Crippen LogP contribution in [0, 0.1) is 11.8 Å². The van der Waals surface area contributed by atoms with Gasteiger partial charge in [-0.3, -0.25) is 14.8 Å². The lowest BCUT2D eigenvalue weighted by molar-refractivity contribution is -0.115. The maximum atomic E-state index is 13.0. The van der Waals surface area contributed by atoms with E-state index in [1.54, 1.807) is 44.6 Å². The molecule has 0 radical (unpaired) electrons. The molecule has 0 saturated carbocycles. The Kier molecular flexibility index (Phi) is 7.25. The van der Waals surface area contributed by atoms with Crippen LogP contribution in [-0.4, -0.2) is 36.0 Å². The Labute approximate surface area is 232 Å². The van der Waals surface area contributed by atoms with E-state index in [-0.39, 0.29) is 12.3 Å². The zero-order chi connectivity index (χ0) is 28.3. The number of benzene rings is 2. The minimum atomic E-state index is -0.649. The molecule has 0 aliphatic carbocycles. The number of methoxy groups -OCH3 is 2. The first-order chi connectivity index (χ1) is 19.3. The minimum Gasteiger partial charge on any atom is -0.497 e. The molecule has 0 saturated heterocycles. The second-order valence-electron chi connectivity index (χ2n) is 9.48. The van der Waals surface area contributed by atoms with Gasteiger partial charge in [0.2, 0.25) is 5.91 Å². The number of nitrogens with one attached hydrogen (secondary N) is 1. The molecule has 0 atom stereocenters.